The topological polar surface area (TPSA) is 58.4 Å². The van der Waals surface area contributed by atoms with E-state index in [1.807, 2.05) is 20.8 Å². The van der Waals surface area contributed by atoms with E-state index in [-0.39, 0.29) is 36.1 Å². The number of likely N-dealkylation sites (N-methyl/N-ethyl adjacent to an activating group) is 1. The van der Waals surface area contributed by atoms with Crippen LogP contribution in [0.2, 0.25) is 0 Å². The van der Waals surface area contributed by atoms with Gasteiger partial charge in [-0.15, -0.1) is 24.8 Å². The molecule has 1 aliphatic heterocycles. The van der Waals surface area contributed by atoms with Crippen LogP contribution in [0.25, 0.3) is 0 Å². The molecular formula is C13H29Cl2N3O. The molecule has 19 heavy (non-hydrogen) atoms. The van der Waals surface area contributed by atoms with Gasteiger partial charge in [0, 0.05) is 12.6 Å². The maximum absolute atomic E-state index is 11.9. The quantitative estimate of drug-likeness (QED) is 0.832. The number of halogens is 2. The summed E-state index contributed by atoms with van der Waals surface area (Å²) in [6, 6.07) is 0.0649. The Morgan fingerprint density at radius 2 is 2.00 bits per heavy atom. The summed E-state index contributed by atoms with van der Waals surface area (Å²) in [5, 5.41) is 2.99. The van der Waals surface area contributed by atoms with E-state index in [0.29, 0.717) is 6.04 Å². The first-order valence-electron chi connectivity index (χ1n) is 6.63. The van der Waals surface area contributed by atoms with Gasteiger partial charge < -0.3 is 11.1 Å². The molecule has 1 rings (SSSR count). The molecule has 0 aromatic rings. The normalized spacial score (nSPS) is 21.2. The van der Waals surface area contributed by atoms with Crippen molar-refractivity contribution < 1.29 is 4.79 Å². The van der Waals surface area contributed by atoms with Crippen molar-refractivity contribution in [3.63, 3.8) is 0 Å². The number of carbonyl (C=O) groups is 1. The summed E-state index contributed by atoms with van der Waals surface area (Å²) in [6.45, 7) is 11.1. The van der Waals surface area contributed by atoms with E-state index in [2.05, 4.69) is 17.1 Å². The lowest BCUT2D eigenvalue weighted by atomic mass is 9.87. The third-order valence-corrected chi connectivity index (χ3v) is 3.63. The highest BCUT2D eigenvalue weighted by Gasteiger charge is 2.29. The van der Waals surface area contributed by atoms with Crippen LogP contribution in [-0.4, -0.2) is 42.5 Å². The molecule has 1 unspecified atom stereocenters. The van der Waals surface area contributed by atoms with Crippen LogP contribution in [0.4, 0.5) is 0 Å². The first-order valence-corrected chi connectivity index (χ1v) is 6.63. The molecular weight excluding hydrogens is 285 g/mol. The predicted molar refractivity (Wildman–Crippen MR) is 85.2 cm³/mol. The van der Waals surface area contributed by atoms with Crippen LogP contribution in [0.3, 0.4) is 0 Å². The fourth-order valence-electron chi connectivity index (χ4n) is 2.26. The van der Waals surface area contributed by atoms with Crippen LogP contribution >= 0.6 is 24.8 Å². The Hall–Kier alpha value is -0.0300. The zero-order valence-electron chi connectivity index (χ0n) is 12.4. The molecule has 1 amide bonds. The van der Waals surface area contributed by atoms with E-state index in [1.54, 1.807) is 0 Å². The van der Waals surface area contributed by atoms with Crippen LogP contribution in [-0.2, 0) is 4.79 Å². The Labute approximate surface area is 129 Å². The minimum Gasteiger partial charge on any atom is -0.353 e. The van der Waals surface area contributed by atoms with Gasteiger partial charge in [0.25, 0.3) is 0 Å². The molecule has 0 aromatic heterocycles. The van der Waals surface area contributed by atoms with E-state index >= 15 is 0 Å². The predicted octanol–water partition coefficient (Wildman–Crippen LogP) is 1.80. The van der Waals surface area contributed by atoms with Gasteiger partial charge in [-0.2, -0.15) is 0 Å². The molecule has 3 N–H and O–H groups in total. The molecule has 0 aliphatic carbocycles. The maximum atomic E-state index is 11.9. The summed E-state index contributed by atoms with van der Waals surface area (Å²) >= 11 is 0. The Morgan fingerprint density at radius 3 is 2.47 bits per heavy atom. The molecule has 0 saturated carbocycles. The van der Waals surface area contributed by atoms with E-state index in [1.165, 1.54) is 12.8 Å². The zero-order chi connectivity index (χ0) is 13.1. The van der Waals surface area contributed by atoms with Crippen LogP contribution in [0, 0.1) is 5.41 Å². The lowest BCUT2D eigenvalue weighted by Gasteiger charge is -2.28. The summed E-state index contributed by atoms with van der Waals surface area (Å²) in [6.07, 6.45) is 2.42. The second-order valence-electron chi connectivity index (χ2n) is 6.01. The van der Waals surface area contributed by atoms with Crippen LogP contribution in [0.5, 0.6) is 0 Å². The summed E-state index contributed by atoms with van der Waals surface area (Å²) in [4.78, 5) is 14.3. The largest absolute Gasteiger partial charge is 0.353 e. The van der Waals surface area contributed by atoms with Gasteiger partial charge >= 0.3 is 0 Å². The highest BCUT2D eigenvalue weighted by molar-refractivity contribution is 5.85. The minimum absolute atomic E-state index is 0. The zero-order valence-corrected chi connectivity index (χ0v) is 14.1. The van der Waals surface area contributed by atoms with Gasteiger partial charge in [-0.3, -0.25) is 9.69 Å². The first-order chi connectivity index (χ1) is 7.86. The number of amides is 1. The fourth-order valence-corrected chi connectivity index (χ4v) is 2.26. The molecule has 1 heterocycles. The number of likely N-dealkylation sites (tertiary alicyclic amines) is 1. The molecule has 1 aliphatic rings. The molecule has 6 heteroatoms. The molecule has 0 bridgehead atoms. The van der Waals surface area contributed by atoms with Gasteiger partial charge in [0.2, 0.25) is 5.91 Å². The van der Waals surface area contributed by atoms with Crippen molar-refractivity contribution in [2.24, 2.45) is 11.1 Å². The molecule has 116 valence electrons. The number of hydrogen-bond donors (Lipinski definition) is 2. The van der Waals surface area contributed by atoms with Gasteiger partial charge in [-0.1, -0.05) is 27.7 Å². The Morgan fingerprint density at radius 1 is 1.42 bits per heavy atom. The lowest BCUT2D eigenvalue weighted by Crippen LogP contribution is -2.51. The van der Waals surface area contributed by atoms with Gasteiger partial charge in [0.05, 0.1) is 6.04 Å². The fraction of sp³-hybridized carbons (Fsp3) is 0.923. The number of nitrogens with one attached hydrogen (secondary N) is 1. The van der Waals surface area contributed by atoms with Crippen LogP contribution < -0.4 is 11.1 Å². The summed E-state index contributed by atoms with van der Waals surface area (Å²) in [7, 11) is 0. The lowest BCUT2D eigenvalue weighted by molar-refractivity contribution is -0.124. The van der Waals surface area contributed by atoms with Crippen molar-refractivity contribution in [2.45, 2.75) is 52.6 Å². The van der Waals surface area contributed by atoms with Crippen molar-refractivity contribution in [1.82, 2.24) is 10.2 Å². The third kappa shape index (κ3) is 6.30. The smallest absolute Gasteiger partial charge is 0.237 e. The summed E-state index contributed by atoms with van der Waals surface area (Å²) in [5.41, 5.74) is 5.74. The average molecular weight is 314 g/mol. The van der Waals surface area contributed by atoms with Gasteiger partial charge in [-0.05, 0) is 31.3 Å². The second-order valence-corrected chi connectivity index (χ2v) is 6.01. The second kappa shape index (κ2) is 9.01. The van der Waals surface area contributed by atoms with E-state index < -0.39 is 6.04 Å². The molecule has 1 fully saturated rings. The molecule has 0 spiro atoms. The number of rotatable bonds is 4. The number of carbonyl (C=O) groups excluding carboxylic acids is 1. The molecule has 1 saturated heterocycles. The van der Waals surface area contributed by atoms with E-state index in [4.69, 9.17) is 5.73 Å². The minimum atomic E-state index is -0.432. The van der Waals surface area contributed by atoms with Gasteiger partial charge in [0.1, 0.15) is 0 Å². The molecule has 4 nitrogen and oxygen atoms in total. The van der Waals surface area contributed by atoms with Crippen molar-refractivity contribution in [3.05, 3.63) is 0 Å². The molecule has 0 aromatic carbocycles. The Balaban J connectivity index is 0. The van der Waals surface area contributed by atoms with E-state index in [0.717, 1.165) is 19.6 Å². The van der Waals surface area contributed by atoms with Crippen LogP contribution in [0.1, 0.15) is 40.5 Å². The standard InChI is InChI=1S/C13H27N3O.2ClH/c1-5-16-8-6-7-10(16)9-15-12(17)11(14)13(2,3)4;;/h10-11H,5-9,14H2,1-4H3,(H,15,17);2*1H/t10?,11-;;/m1../s1. The SMILES string of the molecule is CCN1CCCC1CNC(=O)[C@@H](N)C(C)(C)C.Cl.Cl. The number of nitrogens with two attached hydrogens (primary N) is 1. The highest BCUT2D eigenvalue weighted by atomic mass is 35.5. The van der Waals surface area contributed by atoms with Crippen molar-refractivity contribution >= 4 is 30.7 Å². The first kappa shape index (κ1) is 21.3. The van der Waals surface area contributed by atoms with Crippen LogP contribution in [0.15, 0.2) is 0 Å². The van der Waals surface area contributed by atoms with Crippen molar-refractivity contribution in [2.75, 3.05) is 19.6 Å². The maximum Gasteiger partial charge on any atom is 0.237 e. The highest BCUT2D eigenvalue weighted by Crippen LogP contribution is 2.18. The third-order valence-electron chi connectivity index (χ3n) is 3.63. The molecule has 0 radical (unpaired) electrons. The summed E-state index contributed by atoms with van der Waals surface area (Å²) < 4.78 is 0. The van der Waals surface area contributed by atoms with Gasteiger partial charge in [0.15, 0.2) is 0 Å². The Bertz CT molecular complexity index is 269. The monoisotopic (exact) mass is 313 g/mol. The van der Waals surface area contributed by atoms with E-state index in [9.17, 15) is 4.79 Å². The molecule has 2 atom stereocenters. The van der Waals surface area contributed by atoms with Gasteiger partial charge in [-0.25, -0.2) is 0 Å². The average Bonchev–Trinajstić information content (AvgIpc) is 2.70. The number of hydrogen-bond acceptors (Lipinski definition) is 3. The van der Waals surface area contributed by atoms with Crippen molar-refractivity contribution in [1.29, 1.82) is 0 Å². The Kier molecular flexibility index (Phi) is 10.1. The summed E-state index contributed by atoms with van der Waals surface area (Å²) in [5.74, 6) is -0.0274. The number of nitrogens with zero attached hydrogens (tertiary/aromatic N) is 1. The van der Waals surface area contributed by atoms with Crippen molar-refractivity contribution in [3.8, 4) is 0 Å².